The van der Waals surface area contributed by atoms with Crippen molar-refractivity contribution in [3.8, 4) is 5.88 Å². The smallest absolute Gasteiger partial charge is 0.307 e. The summed E-state index contributed by atoms with van der Waals surface area (Å²) in [5.41, 5.74) is 3.79. The van der Waals surface area contributed by atoms with Crippen molar-refractivity contribution >= 4 is 39.9 Å². The number of anilines is 1. The van der Waals surface area contributed by atoms with E-state index in [0.717, 1.165) is 5.69 Å². The lowest BCUT2D eigenvalue weighted by Gasteiger charge is -2.19. The maximum atomic E-state index is 13.8. The highest BCUT2D eigenvalue weighted by Crippen LogP contribution is 2.32. The number of aliphatic carboxylic acids is 1. The van der Waals surface area contributed by atoms with Crippen LogP contribution >= 0.6 is 0 Å². The van der Waals surface area contributed by atoms with Crippen molar-refractivity contribution in [3.63, 3.8) is 0 Å². The average Bonchev–Trinajstić information content (AvgIpc) is 3.20. The first-order valence-electron chi connectivity index (χ1n) is 12.0. The number of halogens is 1. The number of aliphatic imine (C=N–C) groups is 1. The number of carboxylic acid groups (broad SMARTS) is 1. The summed E-state index contributed by atoms with van der Waals surface area (Å²) in [6, 6.07) is 18.2. The van der Waals surface area contributed by atoms with Gasteiger partial charge in [0.15, 0.2) is 5.88 Å². The van der Waals surface area contributed by atoms with Crippen LogP contribution in [0, 0.1) is 5.82 Å². The van der Waals surface area contributed by atoms with Gasteiger partial charge >= 0.3 is 5.97 Å². The van der Waals surface area contributed by atoms with Crippen LogP contribution in [0.4, 0.5) is 15.8 Å². The normalized spacial score (nSPS) is 11.8. The summed E-state index contributed by atoms with van der Waals surface area (Å²) in [4.78, 5) is 34.8. The number of nitrogens with zero attached hydrogens (tertiary/aromatic N) is 3. The Bertz CT molecular complexity index is 1490. The third kappa shape index (κ3) is 6.07. The van der Waals surface area contributed by atoms with Gasteiger partial charge in [-0.1, -0.05) is 24.3 Å². The first kappa shape index (κ1) is 26.6. The number of rotatable bonds is 9. The van der Waals surface area contributed by atoms with Crippen molar-refractivity contribution in [2.45, 2.75) is 12.8 Å². The molecule has 4 aromatic rings. The highest BCUT2D eigenvalue weighted by molar-refractivity contribution is 6.21. The van der Waals surface area contributed by atoms with Gasteiger partial charge in [0.1, 0.15) is 5.82 Å². The number of carbonyl (C=O) groups excluding carboxylic acids is 1. The molecule has 0 saturated carbocycles. The number of aromatic nitrogens is 1. The number of aromatic hydroxyl groups is 1. The van der Waals surface area contributed by atoms with Gasteiger partial charge in [-0.3, -0.25) is 9.59 Å². The molecule has 0 radical (unpaired) electrons. The fraction of sp³-hybridized carbons (Fsp3) is 0.207. The van der Waals surface area contributed by atoms with Crippen LogP contribution in [0.15, 0.2) is 71.7 Å². The number of carboxylic acids is 1. The van der Waals surface area contributed by atoms with E-state index >= 15 is 0 Å². The van der Waals surface area contributed by atoms with Gasteiger partial charge < -0.3 is 25.0 Å². The molecule has 0 spiro atoms. The number of hydrogen-bond donors (Lipinski definition) is 3. The first-order valence-corrected chi connectivity index (χ1v) is 12.0. The minimum atomic E-state index is -0.937. The maximum Gasteiger partial charge on any atom is 0.307 e. The number of nitrogens with one attached hydrogen (secondary N) is 1. The summed E-state index contributed by atoms with van der Waals surface area (Å²) in [6.45, 7) is 0.651. The molecule has 9 heteroatoms. The fourth-order valence-corrected chi connectivity index (χ4v) is 4.13. The fourth-order valence-electron chi connectivity index (χ4n) is 4.13. The number of amides is 1. The Labute approximate surface area is 219 Å². The van der Waals surface area contributed by atoms with Crippen molar-refractivity contribution in [1.82, 2.24) is 9.88 Å². The largest absolute Gasteiger partial charge is 0.494 e. The molecule has 1 amide bonds. The van der Waals surface area contributed by atoms with Crippen molar-refractivity contribution in [1.29, 1.82) is 0 Å². The van der Waals surface area contributed by atoms with Crippen molar-refractivity contribution in [2.24, 2.45) is 4.99 Å². The minimum absolute atomic E-state index is 0.00645. The van der Waals surface area contributed by atoms with Crippen LogP contribution in [0.25, 0.3) is 10.9 Å². The van der Waals surface area contributed by atoms with Gasteiger partial charge in [0, 0.05) is 36.7 Å². The van der Waals surface area contributed by atoms with E-state index < -0.39 is 11.8 Å². The van der Waals surface area contributed by atoms with Gasteiger partial charge in [-0.05, 0) is 62.1 Å². The Morgan fingerprint density at radius 1 is 0.974 bits per heavy atom. The molecule has 0 fully saturated rings. The van der Waals surface area contributed by atoms with Crippen molar-refractivity contribution < 1.29 is 24.2 Å². The van der Waals surface area contributed by atoms with E-state index in [9.17, 15) is 19.1 Å². The van der Waals surface area contributed by atoms with Crippen LogP contribution in [0.1, 0.15) is 23.1 Å². The molecule has 0 aliphatic carbocycles. The van der Waals surface area contributed by atoms with Gasteiger partial charge in [-0.15, -0.1) is 0 Å². The van der Waals surface area contributed by atoms with Crippen molar-refractivity contribution in [3.05, 3.63) is 89.2 Å². The predicted octanol–water partition coefficient (Wildman–Crippen LogP) is 4.72. The second kappa shape index (κ2) is 11.3. The second-order valence-electron chi connectivity index (χ2n) is 9.29. The van der Waals surface area contributed by atoms with Gasteiger partial charge in [0.2, 0.25) is 5.91 Å². The zero-order chi connectivity index (χ0) is 27.4. The van der Waals surface area contributed by atoms with Crippen LogP contribution in [0.3, 0.4) is 0 Å². The molecule has 0 atom stereocenters. The topological polar surface area (TPSA) is 109 Å². The van der Waals surface area contributed by atoms with Crippen LogP contribution < -0.4 is 4.90 Å². The quantitative estimate of drug-likeness (QED) is 0.279. The summed E-state index contributed by atoms with van der Waals surface area (Å²) in [6.07, 6.45) is 0.276. The summed E-state index contributed by atoms with van der Waals surface area (Å²) in [7, 11) is 5.56. The van der Waals surface area contributed by atoms with E-state index in [2.05, 4.69) is 4.98 Å². The maximum absolute atomic E-state index is 13.8. The lowest BCUT2D eigenvalue weighted by Crippen LogP contribution is -2.29. The van der Waals surface area contributed by atoms with Gasteiger partial charge in [-0.25, -0.2) is 9.38 Å². The first-order chi connectivity index (χ1) is 18.1. The number of H-pyrrole nitrogens is 1. The molecule has 1 heterocycles. The molecule has 0 aliphatic rings. The molecule has 0 unspecified atom stereocenters. The molecule has 0 bridgehead atoms. The minimum Gasteiger partial charge on any atom is -0.494 e. The summed E-state index contributed by atoms with van der Waals surface area (Å²) in [5, 5.41) is 20.5. The zero-order valence-electron chi connectivity index (χ0n) is 21.4. The van der Waals surface area contributed by atoms with Crippen LogP contribution in [-0.4, -0.2) is 65.4 Å². The summed E-state index contributed by atoms with van der Waals surface area (Å²) < 4.78 is 13.8. The highest BCUT2D eigenvalue weighted by atomic mass is 19.1. The van der Waals surface area contributed by atoms with Gasteiger partial charge in [0.05, 0.1) is 28.9 Å². The summed E-state index contributed by atoms with van der Waals surface area (Å²) >= 11 is 0. The molecule has 4 rings (SSSR count). The van der Waals surface area contributed by atoms with Gasteiger partial charge in [0.25, 0.3) is 0 Å². The highest BCUT2D eigenvalue weighted by Gasteiger charge is 2.19. The monoisotopic (exact) mass is 516 g/mol. The third-order valence-electron chi connectivity index (χ3n) is 6.19. The molecular weight excluding hydrogens is 487 g/mol. The Kier molecular flexibility index (Phi) is 7.87. The number of carbonyl (C=O) groups is 2. The molecule has 8 nitrogen and oxygen atoms in total. The molecule has 0 saturated heterocycles. The number of hydrogen-bond acceptors (Lipinski definition) is 5. The van der Waals surface area contributed by atoms with Crippen LogP contribution in [0.2, 0.25) is 0 Å². The Morgan fingerprint density at radius 2 is 1.66 bits per heavy atom. The van der Waals surface area contributed by atoms with Crippen LogP contribution in [-0.2, 0) is 16.0 Å². The summed E-state index contributed by atoms with van der Waals surface area (Å²) in [5.74, 6) is -1.55. The molecule has 3 N–H and O–H groups in total. The van der Waals surface area contributed by atoms with Crippen LogP contribution in [0.5, 0.6) is 5.88 Å². The number of benzene rings is 3. The Morgan fingerprint density at radius 3 is 2.29 bits per heavy atom. The second-order valence-corrected chi connectivity index (χ2v) is 9.29. The number of aromatic amines is 1. The van der Waals surface area contributed by atoms with E-state index in [1.54, 1.807) is 66.5 Å². The molecular formula is C29H29FN4O4. The van der Waals surface area contributed by atoms with E-state index in [0.29, 0.717) is 52.0 Å². The average molecular weight is 517 g/mol. The van der Waals surface area contributed by atoms with E-state index in [1.165, 1.54) is 12.1 Å². The van der Waals surface area contributed by atoms with E-state index in [1.807, 2.05) is 19.0 Å². The third-order valence-corrected chi connectivity index (χ3v) is 6.19. The molecule has 38 heavy (non-hydrogen) atoms. The molecule has 196 valence electrons. The number of fused-ring (bicyclic) bond motifs is 1. The standard InChI is InChI=1S/C29H29FN4O4/c1-33(2)15-14-25(35)34(3)22-11-9-21(10-12-22)31-28(19-6-4-18(5-7-19)16-26(36)37)27-23-13-8-20(30)17-24(23)32-29(27)38/h4-13,17,32,38H,14-16H2,1-3H3,(H,36,37). The Balaban J connectivity index is 1.74. The SMILES string of the molecule is CN(C)CCC(=O)N(C)c1ccc(N=C(c2ccc(CC(=O)O)cc2)c2c(O)[nH]c3cc(F)ccc23)cc1. The molecule has 1 aromatic heterocycles. The zero-order valence-corrected chi connectivity index (χ0v) is 21.4. The van der Waals surface area contributed by atoms with E-state index in [4.69, 9.17) is 10.1 Å². The molecule has 3 aromatic carbocycles. The molecule has 0 aliphatic heterocycles. The predicted molar refractivity (Wildman–Crippen MR) is 146 cm³/mol. The lowest BCUT2D eigenvalue weighted by atomic mass is 9.99. The van der Waals surface area contributed by atoms with Gasteiger partial charge in [-0.2, -0.15) is 0 Å². The lowest BCUT2D eigenvalue weighted by molar-refractivity contribution is -0.136. The van der Waals surface area contributed by atoms with Crippen molar-refractivity contribution in [2.75, 3.05) is 32.6 Å². The van der Waals surface area contributed by atoms with E-state index in [-0.39, 0.29) is 18.2 Å². The Hall–Kier alpha value is -4.50.